The molecule has 1 saturated carbocycles. The summed E-state index contributed by atoms with van der Waals surface area (Å²) >= 11 is 6.51. The fourth-order valence-electron chi connectivity index (χ4n) is 9.86. The Hall–Kier alpha value is -3.64. The molecule has 10 nitrogen and oxygen atoms in total. The Kier molecular flexibility index (Phi) is 10.7. The van der Waals surface area contributed by atoms with Crippen LogP contribution in [0.5, 0.6) is 5.75 Å². The predicted molar refractivity (Wildman–Crippen MR) is 218 cm³/mol. The SMILES string of the molecule is CO[C@@]1(CN2CCN(c3cccnc3)CC2)/C=C/C[C@H](C)[C@@H](C)S(=O)(=O)NC(=O)c2ccc3c(c2)N(C[C@@H]2CC[C@H]21)C[C@@]1(CCCc2cc(Cl)ccc21)CO3. The summed E-state index contributed by atoms with van der Waals surface area (Å²) in [5.74, 6) is 0.414. The van der Waals surface area contributed by atoms with Gasteiger partial charge >= 0.3 is 0 Å². The molecular formula is C43H54ClN5O5S. The minimum Gasteiger partial charge on any atom is -0.490 e. The van der Waals surface area contributed by atoms with Crippen molar-refractivity contribution in [3.63, 3.8) is 0 Å². The lowest BCUT2D eigenvalue weighted by atomic mass is 9.63. The molecule has 4 heterocycles. The van der Waals surface area contributed by atoms with Crippen LogP contribution in [0.25, 0.3) is 0 Å². The highest BCUT2D eigenvalue weighted by Crippen LogP contribution is 2.49. The lowest BCUT2D eigenvalue weighted by Gasteiger charge is -2.52. The molecule has 294 valence electrons. The number of carbonyl (C=O) groups excluding carboxylic acids is 1. The molecular weight excluding hydrogens is 734 g/mol. The number of rotatable bonds is 4. The van der Waals surface area contributed by atoms with Gasteiger partial charge in [-0.1, -0.05) is 36.7 Å². The molecule has 2 aromatic carbocycles. The van der Waals surface area contributed by atoms with Gasteiger partial charge in [-0.05, 0) is 117 Å². The van der Waals surface area contributed by atoms with Gasteiger partial charge in [0.2, 0.25) is 10.0 Å². The Balaban J connectivity index is 1.16. The van der Waals surface area contributed by atoms with Crippen LogP contribution in [0.2, 0.25) is 5.02 Å². The zero-order chi connectivity index (χ0) is 38.4. The van der Waals surface area contributed by atoms with Gasteiger partial charge in [0.25, 0.3) is 5.91 Å². The van der Waals surface area contributed by atoms with Crippen molar-refractivity contribution in [1.29, 1.82) is 0 Å². The van der Waals surface area contributed by atoms with Gasteiger partial charge in [-0.3, -0.25) is 14.7 Å². The average Bonchev–Trinajstić information content (AvgIpc) is 3.32. The van der Waals surface area contributed by atoms with E-state index in [1.165, 1.54) is 11.1 Å². The molecule has 1 aromatic heterocycles. The third-order valence-electron chi connectivity index (χ3n) is 13.5. The van der Waals surface area contributed by atoms with Crippen molar-refractivity contribution in [3.8, 4) is 5.75 Å². The summed E-state index contributed by atoms with van der Waals surface area (Å²) in [5, 5.41) is -0.0453. The van der Waals surface area contributed by atoms with Crippen LogP contribution in [-0.2, 0) is 26.6 Å². The normalized spacial score (nSPS) is 31.6. The number of methoxy groups -OCH3 is 1. The molecule has 6 atom stereocenters. The number of halogens is 1. The summed E-state index contributed by atoms with van der Waals surface area (Å²) in [7, 11) is -2.12. The summed E-state index contributed by atoms with van der Waals surface area (Å²) < 4.78 is 43.1. The van der Waals surface area contributed by atoms with E-state index in [1.807, 2.05) is 50.7 Å². The summed E-state index contributed by atoms with van der Waals surface area (Å²) in [6.07, 6.45) is 13.7. The topological polar surface area (TPSA) is 104 Å². The first-order chi connectivity index (χ1) is 26.5. The number of ether oxygens (including phenoxy) is 2. The van der Waals surface area contributed by atoms with Crippen molar-refractivity contribution in [1.82, 2.24) is 14.6 Å². The second-order valence-electron chi connectivity index (χ2n) is 16.7. The fourth-order valence-corrected chi connectivity index (χ4v) is 11.3. The molecule has 1 amide bonds. The average molecular weight is 788 g/mol. The second-order valence-corrected chi connectivity index (χ2v) is 19.1. The summed E-state index contributed by atoms with van der Waals surface area (Å²) in [5.41, 5.74) is 3.98. The highest BCUT2D eigenvalue weighted by Gasteiger charge is 2.50. The van der Waals surface area contributed by atoms with Gasteiger partial charge in [-0.2, -0.15) is 0 Å². The lowest BCUT2D eigenvalue weighted by Crippen LogP contribution is -2.59. The molecule has 1 saturated heterocycles. The number of nitrogens with one attached hydrogen (secondary N) is 1. The van der Waals surface area contributed by atoms with E-state index in [1.54, 1.807) is 13.0 Å². The van der Waals surface area contributed by atoms with Gasteiger partial charge in [-0.25, -0.2) is 13.1 Å². The molecule has 2 bridgehead atoms. The van der Waals surface area contributed by atoms with Crippen LogP contribution in [0.4, 0.5) is 11.4 Å². The van der Waals surface area contributed by atoms with Gasteiger partial charge in [0.05, 0.1) is 29.4 Å². The van der Waals surface area contributed by atoms with Gasteiger partial charge in [0.15, 0.2) is 0 Å². The van der Waals surface area contributed by atoms with E-state index in [-0.39, 0.29) is 17.3 Å². The molecule has 1 spiro atoms. The lowest BCUT2D eigenvalue weighted by molar-refractivity contribution is -0.0919. The Labute approximate surface area is 331 Å². The van der Waals surface area contributed by atoms with E-state index < -0.39 is 26.8 Å². The zero-order valence-corrected chi connectivity index (χ0v) is 33.8. The highest BCUT2D eigenvalue weighted by molar-refractivity contribution is 7.90. The van der Waals surface area contributed by atoms with Gasteiger partial charge in [-0.15, -0.1) is 0 Å². The Bertz CT molecular complexity index is 2020. The molecule has 0 radical (unpaired) electrons. The maximum atomic E-state index is 13.7. The van der Waals surface area contributed by atoms with Crippen LogP contribution in [0, 0.1) is 17.8 Å². The molecule has 2 aliphatic carbocycles. The Morgan fingerprint density at radius 1 is 1.05 bits per heavy atom. The maximum Gasteiger partial charge on any atom is 0.264 e. The molecule has 1 N–H and O–H groups in total. The first-order valence-electron chi connectivity index (χ1n) is 20.0. The van der Waals surface area contributed by atoms with E-state index in [4.69, 9.17) is 21.1 Å². The first kappa shape index (κ1) is 38.2. The monoisotopic (exact) mass is 787 g/mol. The number of benzene rings is 2. The molecule has 3 aromatic rings. The maximum absolute atomic E-state index is 13.7. The van der Waals surface area contributed by atoms with E-state index in [9.17, 15) is 13.2 Å². The number of nitrogens with zero attached hydrogens (tertiary/aromatic N) is 4. The highest BCUT2D eigenvalue weighted by atomic mass is 35.5. The van der Waals surface area contributed by atoms with Gasteiger partial charge < -0.3 is 19.3 Å². The first-order valence-corrected chi connectivity index (χ1v) is 21.9. The van der Waals surface area contributed by atoms with Crippen molar-refractivity contribution in [2.24, 2.45) is 17.8 Å². The molecule has 55 heavy (non-hydrogen) atoms. The number of anilines is 2. The zero-order valence-electron chi connectivity index (χ0n) is 32.3. The van der Waals surface area contributed by atoms with Gasteiger partial charge in [0, 0.05) is 75.1 Å². The predicted octanol–water partition coefficient (Wildman–Crippen LogP) is 6.49. The number of amides is 1. The number of carbonyl (C=O) groups is 1. The summed E-state index contributed by atoms with van der Waals surface area (Å²) in [6.45, 7) is 9.97. The summed E-state index contributed by atoms with van der Waals surface area (Å²) in [4.78, 5) is 25.4. The number of hydrogen-bond acceptors (Lipinski definition) is 9. The van der Waals surface area contributed by atoms with Crippen LogP contribution < -0.4 is 19.3 Å². The van der Waals surface area contributed by atoms with Crippen LogP contribution in [0.3, 0.4) is 0 Å². The van der Waals surface area contributed by atoms with Crippen LogP contribution in [0.15, 0.2) is 73.1 Å². The number of allylic oxidation sites excluding steroid dienone is 1. The minimum absolute atomic E-state index is 0.232. The largest absolute Gasteiger partial charge is 0.490 e. The third kappa shape index (κ3) is 7.49. The van der Waals surface area contributed by atoms with Crippen LogP contribution >= 0.6 is 11.6 Å². The number of piperazine rings is 1. The van der Waals surface area contributed by atoms with Crippen LogP contribution in [0.1, 0.15) is 67.4 Å². The van der Waals surface area contributed by atoms with Crippen molar-refractivity contribution < 1.29 is 22.7 Å². The van der Waals surface area contributed by atoms with Crippen molar-refractivity contribution in [2.75, 3.05) is 69.3 Å². The van der Waals surface area contributed by atoms with Crippen molar-refractivity contribution >= 4 is 38.9 Å². The molecule has 12 heteroatoms. The smallest absolute Gasteiger partial charge is 0.264 e. The third-order valence-corrected chi connectivity index (χ3v) is 15.6. The second kappa shape index (κ2) is 15.4. The number of aromatic nitrogens is 1. The fraction of sp³-hybridized carbons (Fsp3) is 0.535. The number of sulfonamides is 1. The van der Waals surface area contributed by atoms with E-state index in [0.29, 0.717) is 36.8 Å². The molecule has 2 fully saturated rings. The summed E-state index contributed by atoms with van der Waals surface area (Å²) in [6, 6.07) is 15.7. The minimum atomic E-state index is -3.97. The van der Waals surface area contributed by atoms with E-state index >= 15 is 0 Å². The van der Waals surface area contributed by atoms with Crippen molar-refractivity contribution in [2.45, 2.75) is 68.6 Å². The number of aryl methyl sites for hydroxylation is 1. The standard InChI is InChI=1S/C43H54ClN5O5S/c1-30-7-4-17-43(53-3,28-47-19-21-48(22-20-47)36-9-6-18-45-25-36)38-13-10-34(38)26-49-27-42(16-5-8-32-23-35(44)12-14-37(32)42)29-54-40-15-11-33(24-39(40)49)41(50)46-55(51,52)31(30)2/h4,6,9,11-12,14-15,17-18,23-25,30-31,34,38H,5,7-8,10,13,16,19-22,26-29H2,1-3H3,(H,46,50)/b17-4+/t30-,31+,34-,38+,42-,43+/m0/s1. The van der Waals surface area contributed by atoms with E-state index in [0.717, 1.165) is 87.8 Å². The van der Waals surface area contributed by atoms with Gasteiger partial charge in [0.1, 0.15) is 11.4 Å². The Morgan fingerprint density at radius 3 is 2.64 bits per heavy atom. The molecule has 8 rings (SSSR count). The Morgan fingerprint density at radius 2 is 1.89 bits per heavy atom. The number of pyridine rings is 1. The molecule has 3 aliphatic heterocycles. The molecule has 5 aliphatic rings. The number of fused-ring (bicyclic) bond motifs is 4. The van der Waals surface area contributed by atoms with E-state index in [2.05, 4.69) is 54.8 Å². The van der Waals surface area contributed by atoms with Crippen molar-refractivity contribution in [3.05, 3.63) is 94.8 Å². The van der Waals surface area contributed by atoms with Crippen LogP contribution in [-0.4, -0.2) is 94.6 Å². The quantitative estimate of drug-likeness (QED) is 0.298. The number of hydrogen-bond donors (Lipinski definition) is 1. The molecule has 0 unspecified atom stereocenters.